The summed E-state index contributed by atoms with van der Waals surface area (Å²) in [5.74, 6) is -1.18. The lowest BCUT2D eigenvalue weighted by atomic mass is 9.98. The van der Waals surface area contributed by atoms with Crippen molar-refractivity contribution >= 4 is 12.1 Å². The highest BCUT2D eigenvalue weighted by atomic mass is 16.5. The smallest absolute Gasteiger partial charge is 0.407 e. The van der Waals surface area contributed by atoms with E-state index >= 15 is 0 Å². The van der Waals surface area contributed by atoms with Crippen LogP contribution in [0.3, 0.4) is 0 Å². The van der Waals surface area contributed by atoms with Crippen LogP contribution in [0.4, 0.5) is 4.79 Å². The summed E-state index contributed by atoms with van der Waals surface area (Å²) in [7, 11) is 0. The Morgan fingerprint density at radius 2 is 1.61 bits per heavy atom. The number of carbonyl (C=O) groups is 2. The van der Waals surface area contributed by atoms with Crippen molar-refractivity contribution in [3.8, 4) is 11.1 Å². The minimum absolute atomic E-state index is 0.0722. The highest BCUT2D eigenvalue weighted by molar-refractivity contribution is 5.81. The first kappa shape index (κ1) is 19.9. The molecule has 0 bridgehead atoms. The number of carbonyl (C=O) groups excluding carboxylic acids is 1. The predicted octanol–water partition coefficient (Wildman–Crippen LogP) is 3.13. The van der Waals surface area contributed by atoms with Gasteiger partial charge in [-0.1, -0.05) is 48.5 Å². The van der Waals surface area contributed by atoms with Gasteiger partial charge in [0.05, 0.1) is 0 Å². The number of aliphatic carboxylic acids is 1. The van der Waals surface area contributed by atoms with Gasteiger partial charge in [0.1, 0.15) is 12.6 Å². The average molecular weight is 384 g/mol. The lowest BCUT2D eigenvalue weighted by Gasteiger charge is -2.17. The molecule has 2 aromatic carbocycles. The van der Waals surface area contributed by atoms with E-state index in [-0.39, 0.29) is 18.9 Å². The number of carboxylic acids is 1. The highest BCUT2D eigenvalue weighted by Gasteiger charge is 2.29. The Balaban J connectivity index is 1.60. The first-order valence-corrected chi connectivity index (χ1v) is 9.33. The maximum atomic E-state index is 12.2. The predicted molar refractivity (Wildman–Crippen MR) is 103 cm³/mol. The number of nitrogens with one attached hydrogen (secondary N) is 2. The Morgan fingerprint density at radius 1 is 1.00 bits per heavy atom. The maximum Gasteiger partial charge on any atom is 0.407 e. The van der Waals surface area contributed by atoms with Gasteiger partial charge >= 0.3 is 12.1 Å². The molecule has 0 aromatic heterocycles. The Morgan fingerprint density at radius 3 is 2.18 bits per heavy atom. The molecule has 2 aromatic rings. The second kappa shape index (κ2) is 9.34. The maximum absolute atomic E-state index is 12.2. The molecule has 0 saturated carbocycles. The lowest BCUT2D eigenvalue weighted by Crippen LogP contribution is -2.41. The summed E-state index contributed by atoms with van der Waals surface area (Å²) in [5.41, 5.74) is 6.48. The summed E-state index contributed by atoms with van der Waals surface area (Å²) < 4.78 is 5.38. The number of amides is 1. The molecule has 1 aliphatic carbocycles. The summed E-state index contributed by atoms with van der Waals surface area (Å²) in [5, 5.41) is 20.2. The molecule has 1 atom stereocenters. The van der Waals surface area contributed by atoms with Crippen LogP contribution in [-0.2, 0) is 9.53 Å². The molecule has 7 nitrogen and oxygen atoms in total. The van der Waals surface area contributed by atoms with Crippen molar-refractivity contribution in [1.82, 2.24) is 10.8 Å². The Kier molecular flexibility index (Phi) is 6.62. The Bertz CT molecular complexity index is 794. The van der Waals surface area contributed by atoms with E-state index in [9.17, 15) is 14.7 Å². The van der Waals surface area contributed by atoms with Gasteiger partial charge in [0.15, 0.2) is 0 Å². The Labute approximate surface area is 163 Å². The summed E-state index contributed by atoms with van der Waals surface area (Å²) in [6.07, 6.45) is 0.678. The van der Waals surface area contributed by atoms with Crippen LogP contribution in [-0.4, -0.2) is 41.6 Å². The molecule has 3 rings (SSSR count). The molecule has 0 spiro atoms. The van der Waals surface area contributed by atoms with Crippen LogP contribution in [0.15, 0.2) is 48.5 Å². The van der Waals surface area contributed by atoms with Crippen molar-refractivity contribution in [3.05, 3.63) is 59.7 Å². The van der Waals surface area contributed by atoms with E-state index in [1.165, 1.54) is 0 Å². The minimum Gasteiger partial charge on any atom is -0.480 e. The zero-order chi connectivity index (χ0) is 19.9. The molecule has 0 heterocycles. The summed E-state index contributed by atoms with van der Waals surface area (Å²) in [4.78, 5) is 23.5. The number of rotatable bonds is 9. The van der Waals surface area contributed by atoms with Gasteiger partial charge < -0.3 is 20.4 Å². The zero-order valence-corrected chi connectivity index (χ0v) is 15.4. The lowest BCUT2D eigenvalue weighted by molar-refractivity contribution is -0.139. The fourth-order valence-corrected chi connectivity index (χ4v) is 3.59. The van der Waals surface area contributed by atoms with Crippen LogP contribution in [0.5, 0.6) is 0 Å². The van der Waals surface area contributed by atoms with Crippen LogP contribution in [0.2, 0.25) is 0 Å². The normalized spacial score (nSPS) is 13.5. The van der Waals surface area contributed by atoms with Crippen molar-refractivity contribution in [3.63, 3.8) is 0 Å². The highest BCUT2D eigenvalue weighted by Crippen LogP contribution is 2.44. The Hall–Kier alpha value is -2.90. The van der Waals surface area contributed by atoms with Crippen molar-refractivity contribution in [2.24, 2.45) is 0 Å². The molecule has 0 unspecified atom stereocenters. The minimum atomic E-state index is -1.11. The monoisotopic (exact) mass is 384 g/mol. The van der Waals surface area contributed by atoms with E-state index in [4.69, 9.17) is 9.94 Å². The molecule has 1 aliphatic rings. The van der Waals surface area contributed by atoms with Crippen molar-refractivity contribution in [2.45, 2.75) is 31.2 Å². The fourth-order valence-electron chi connectivity index (χ4n) is 3.59. The third-order valence-electron chi connectivity index (χ3n) is 4.97. The largest absolute Gasteiger partial charge is 0.480 e. The second-order valence-electron chi connectivity index (χ2n) is 6.76. The molecule has 0 fully saturated rings. The van der Waals surface area contributed by atoms with Gasteiger partial charge in [0.25, 0.3) is 0 Å². The van der Waals surface area contributed by atoms with Crippen LogP contribution >= 0.6 is 0 Å². The molecule has 28 heavy (non-hydrogen) atoms. The SMILES string of the molecule is O=C(N[C@@H](CCCCNO)C(=O)O)OCC1c2ccccc2-c2ccccc21. The zero-order valence-electron chi connectivity index (χ0n) is 15.4. The number of alkyl carbamates (subject to hydrolysis) is 1. The van der Waals surface area contributed by atoms with Crippen LogP contribution in [0.25, 0.3) is 11.1 Å². The topological polar surface area (TPSA) is 108 Å². The first-order chi connectivity index (χ1) is 13.6. The summed E-state index contributed by atoms with van der Waals surface area (Å²) in [6, 6.07) is 15.0. The first-order valence-electron chi connectivity index (χ1n) is 9.33. The molecule has 7 heteroatoms. The van der Waals surface area contributed by atoms with E-state index < -0.39 is 18.1 Å². The number of carboxylic acid groups (broad SMARTS) is 1. The molecule has 0 aliphatic heterocycles. The van der Waals surface area contributed by atoms with Gasteiger partial charge in [-0.2, -0.15) is 0 Å². The third kappa shape index (κ3) is 4.49. The van der Waals surface area contributed by atoms with E-state index in [2.05, 4.69) is 17.4 Å². The van der Waals surface area contributed by atoms with Crippen LogP contribution in [0.1, 0.15) is 36.3 Å². The van der Waals surface area contributed by atoms with Gasteiger partial charge in [-0.3, -0.25) is 0 Å². The van der Waals surface area contributed by atoms with Gasteiger partial charge in [-0.15, -0.1) is 0 Å². The van der Waals surface area contributed by atoms with Crippen molar-refractivity contribution < 1.29 is 24.6 Å². The van der Waals surface area contributed by atoms with Gasteiger partial charge in [-0.05, 0) is 41.5 Å². The summed E-state index contributed by atoms with van der Waals surface area (Å²) in [6.45, 7) is 0.512. The number of hydrogen-bond donors (Lipinski definition) is 4. The molecule has 148 valence electrons. The molecular formula is C21H24N2O5. The van der Waals surface area contributed by atoms with E-state index in [1.54, 1.807) is 0 Å². The van der Waals surface area contributed by atoms with Crippen molar-refractivity contribution in [2.75, 3.05) is 13.2 Å². The molecule has 4 N–H and O–H groups in total. The summed E-state index contributed by atoms with van der Waals surface area (Å²) >= 11 is 0. The second-order valence-corrected chi connectivity index (χ2v) is 6.76. The van der Waals surface area contributed by atoms with E-state index in [0.29, 0.717) is 19.4 Å². The number of ether oxygens (including phenoxy) is 1. The molecule has 1 amide bonds. The fraction of sp³-hybridized carbons (Fsp3) is 0.333. The van der Waals surface area contributed by atoms with E-state index in [0.717, 1.165) is 22.3 Å². The third-order valence-corrected chi connectivity index (χ3v) is 4.97. The number of fused-ring (bicyclic) bond motifs is 3. The van der Waals surface area contributed by atoms with Crippen LogP contribution < -0.4 is 10.8 Å². The molecule has 0 radical (unpaired) electrons. The van der Waals surface area contributed by atoms with Gasteiger partial charge in [-0.25, -0.2) is 15.1 Å². The standard InChI is InChI=1S/C21H24N2O5/c24-20(25)19(11-5-6-12-22-27)23-21(26)28-13-18-16-9-3-1-7-14(16)15-8-2-4-10-17(15)18/h1-4,7-10,18-19,22,27H,5-6,11-13H2,(H,23,26)(H,24,25)/t19-/m0/s1. The van der Waals surface area contributed by atoms with Gasteiger partial charge in [0.2, 0.25) is 0 Å². The number of hydrogen-bond acceptors (Lipinski definition) is 5. The van der Waals surface area contributed by atoms with Crippen molar-refractivity contribution in [1.29, 1.82) is 0 Å². The number of hydroxylamine groups is 1. The quantitative estimate of drug-likeness (QED) is 0.391. The molecular weight excluding hydrogens is 360 g/mol. The van der Waals surface area contributed by atoms with Gasteiger partial charge in [0, 0.05) is 12.5 Å². The van der Waals surface area contributed by atoms with E-state index in [1.807, 2.05) is 41.9 Å². The number of benzene rings is 2. The number of unbranched alkanes of at least 4 members (excludes halogenated alkanes) is 1. The average Bonchev–Trinajstić information content (AvgIpc) is 3.02. The molecule has 0 saturated heterocycles. The van der Waals surface area contributed by atoms with Crippen LogP contribution in [0, 0.1) is 0 Å².